The van der Waals surface area contributed by atoms with Crippen LogP contribution in [0, 0.1) is 13.8 Å². The molecule has 1 aromatic carbocycles. The highest BCUT2D eigenvalue weighted by atomic mass is 79.9. The highest BCUT2D eigenvalue weighted by Gasteiger charge is 2.02. The molecule has 0 aliphatic heterocycles. The Hall–Kier alpha value is 0.01000. The second-order valence-corrected chi connectivity index (χ2v) is 4.62. The molecule has 0 fully saturated rings. The third-order valence-corrected chi connectivity index (χ3v) is 3.10. The molecule has 0 aliphatic carbocycles. The largest absolute Gasteiger partial charge is 0.263 e. The van der Waals surface area contributed by atoms with E-state index in [-0.39, 0.29) is 0 Å². The lowest BCUT2D eigenvalue weighted by Gasteiger charge is -2.07. The SMILES string of the molecule is CNSc1cc(Br)cc(C)c1C. The molecule has 12 heavy (non-hydrogen) atoms. The summed E-state index contributed by atoms with van der Waals surface area (Å²) in [6.45, 7) is 4.27. The Labute approximate surface area is 86.2 Å². The zero-order valence-electron chi connectivity index (χ0n) is 7.44. The minimum atomic E-state index is 1.14. The van der Waals surface area contributed by atoms with Crippen molar-refractivity contribution in [1.82, 2.24) is 4.72 Å². The summed E-state index contributed by atoms with van der Waals surface area (Å²) in [6.07, 6.45) is 0. The van der Waals surface area contributed by atoms with Crippen molar-refractivity contribution < 1.29 is 0 Å². The molecule has 66 valence electrons. The Morgan fingerprint density at radius 2 is 2.00 bits per heavy atom. The van der Waals surface area contributed by atoms with Crippen molar-refractivity contribution in [3.05, 3.63) is 27.7 Å². The van der Waals surface area contributed by atoms with Gasteiger partial charge in [0.2, 0.25) is 0 Å². The van der Waals surface area contributed by atoms with E-state index in [2.05, 4.69) is 46.6 Å². The molecule has 0 saturated heterocycles. The second kappa shape index (κ2) is 4.30. The fourth-order valence-corrected chi connectivity index (χ4v) is 2.44. The second-order valence-electron chi connectivity index (χ2n) is 2.65. The molecular formula is C9H12BrNS. The van der Waals surface area contributed by atoms with Crippen LogP contribution in [0.4, 0.5) is 0 Å². The van der Waals surface area contributed by atoms with Gasteiger partial charge in [-0.2, -0.15) is 0 Å². The van der Waals surface area contributed by atoms with E-state index in [1.807, 2.05) is 7.05 Å². The van der Waals surface area contributed by atoms with Crippen molar-refractivity contribution in [2.75, 3.05) is 7.05 Å². The fourth-order valence-electron chi connectivity index (χ4n) is 1.00. The Morgan fingerprint density at radius 3 is 2.58 bits per heavy atom. The first-order chi connectivity index (χ1) is 5.65. The number of rotatable bonds is 2. The molecule has 0 unspecified atom stereocenters. The van der Waals surface area contributed by atoms with Gasteiger partial charge in [-0.1, -0.05) is 15.9 Å². The fraction of sp³-hybridized carbons (Fsp3) is 0.333. The van der Waals surface area contributed by atoms with Gasteiger partial charge in [0, 0.05) is 9.37 Å². The molecule has 0 radical (unpaired) electrons. The van der Waals surface area contributed by atoms with Gasteiger partial charge in [0.15, 0.2) is 0 Å². The topological polar surface area (TPSA) is 12.0 Å². The summed E-state index contributed by atoms with van der Waals surface area (Å²) in [5.41, 5.74) is 2.67. The maximum absolute atomic E-state index is 3.48. The summed E-state index contributed by atoms with van der Waals surface area (Å²) >= 11 is 5.13. The van der Waals surface area contributed by atoms with Crippen LogP contribution >= 0.6 is 27.9 Å². The van der Waals surface area contributed by atoms with Gasteiger partial charge in [0.25, 0.3) is 0 Å². The first-order valence-corrected chi connectivity index (χ1v) is 5.36. The number of aryl methyl sites for hydroxylation is 1. The molecule has 0 bridgehead atoms. The van der Waals surface area contributed by atoms with Crippen LogP contribution < -0.4 is 4.72 Å². The average molecular weight is 246 g/mol. The van der Waals surface area contributed by atoms with Gasteiger partial charge in [-0.15, -0.1) is 0 Å². The molecule has 0 spiro atoms. The van der Waals surface area contributed by atoms with Crippen LogP contribution in [-0.2, 0) is 0 Å². The quantitative estimate of drug-likeness (QED) is 0.803. The monoisotopic (exact) mass is 245 g/mol. The van der Waals surface area contributed by atoms with Gasteiger partial charge >= 0.3 is 0 Å². The maximum atomic E-state index is 3.48. The van der Waals surface area contributed by atoms with E-state index in [1.54, 1.807) is 11.9 Å². The van der Waals surface area contributed by atoms with Crippen molar-refractivity contribution in [1.29, 1.82) is 0 Å². The van der Waals surface area contributed by atoms with E-state index < -0.39 is 0 Å². The van der Waals surface area contributed by atoms with E-state index in [0.29, 0.717) is 0 Å². The molecule has 0 amide bonds. The Kier molecular flexibility index (Phi) is 3.62. The minimum absolute atomic E-state index is 1.14. The average Bonchev–Trinajstić information content (AvgIpc) is 2.00. The summed E-state index contributed by atoms with van der Waals surface area (Å²) in [7, 11) is 1.93. The lowest BCUT2D eigenvalue weighted by Crippen LogP contribution is -1.94. The third kappa shape index (κ3) is 2.25. The summed E-state index contributed by atoms with van der Waals surface area (Å²) in [5.74, 6) is 0. The number of halogens is 1. The molecule has 0 aliphatic rings. The van der Waals surface area contributed by atoms with Crippen molar-refractivity contribution in [2.45, 2.75) is 18.7 Å². The van der Waals surface area contributed by atoms with Crippen molar-refractivity contribution in [3.63, 3.8) is 0 Å². The molecule has 1 nitrogen and oxygen atoms in total. The van der Waals surface area contributed by atoms with Crippen LogP contribution in [0.1, 0.15) is 11.1 Å². The van der Waals surface area contributed by atoms with Crippen molar-refractivity contribution in [2.24, 2.45) is 0 Å². The van der Waals surface area contributed by atoms with Crippen LogP contribution in [0.2, 0.25) is 0 Å². The standard InChI is InChI=1S/C9H12BrNS/c1-6-4-8(10)5-9(7(6)2)12-11-3/h4-5,11H,1-3H3. The molecule has 0 saturated carbocycles. The van der Waals surface area contributed by atoms with E-state index in [4.69, 9.17) is 0 Å². The van der Waals surface area contributed by atoms with Gasteiger partial charge < -0.3 is 0 Å². The number of benzene rings is 1. The van der Waals surface area contributed by atoms with E-state index in [0.717, 1.165) is 4.47 Å². The molecule has 0 aromatic heterocycles. The van der Waals surface area contributed by atoms with Crippen molar-refractivity contribution >= 4 is 27.9 Å². The first-order valence-electron chi connectivity index (χ1n) is 3.75. The maximum Gasteiger partial charge on any atom is 0.0271 e. The lowest BCUT2D eigenvalue weighted by molar-refractivity contribution is 1.19. The van der Waals surface area contributed by atoms with E-state index in [1.165, 1.54) is 16.0 Å². The Morgan fingerprint density at radius 1 is 1.33 bits per heavy atom. The predicted molar refractivity (Wildman–Crippen MR) is 58.5 cm³/mol. The molecule has 1 rings (SSSR count). The smallest absolute Gasteiger partial charge is 0.0271 e. The summed E-state index contributed by atoms with van der Waals surface area (Å²) in [6, 6.07) is 4.26. The number of hydrogen-bond acceptors (Lipinski definition) is 2. The van der Waals surface area contributed by atoms with Gasteiger partial charge in [0.1, 0.15) is 0 Å². The highest BCUT2D eigenvalue weighted by Crippen LogP contribution is 2.26. The van der Waals surface area contributed by atoms with Crippen LogP contribution in [0.5, 0.6) is 0 Å². The first kappa shape index (κ1) is 10.1. The van der Waals surface area contributed by atoms with Gasteiger partial charge in [-0.25, -0.2) is 0 Å². The summed E-state index contributed by atoms with van der Waals surface area (Å²) in [5, 5.41) is 0. The highest BCUT2D eigenvalue weighted by molar-refractivity contribution is 9.10. The molecule has 3 heteroatoms. The summed E-state index contributed by atoms with van der Waals surface area (Å²) in [4.78, 5) is 1.28. The normalized spacial score (nSPS) is 10.3. The minimum Gasteiger partial charge on any atom is -0.263 e. The molecule has 1 N–H and O–H groups in total. The number of hydrogen-bond donors (Lipinski definition) is 1. The van der Waals surface area contributed by atoms with Crippen LogP contribution in [-0.4, -0.2) is 7.05 Å². The Bertz CT molecular complexity index is 286. The van der Waals surface area contributed by atoms with Gasteiger partial charge in [-0.3, -0.25) is 4.72 Å². The Balaban J connectivity index is 3.09. The summed E-state index contributed by atoms with van der Waals surface area (Å²) < 4.78 is 4.22. The number of nitrogens with one attached hydrogen (secondary N) is 1. The lowest BCUT2D eigenvalue weighted by atomic mass is 10.1. The predicted octanol–water partition coefficient (Wildman–Crippen LogP) is 3.29. The van der Waals surface area contributed by atoms with Gasteiger partial charge in [-0.05, 0) is 56.1 Å². The third-order valence-electron chi connectivity index (χ3n) is 1.80. The van der Waals surface area contributed by atoms with E-state index in [9.17, 15) is 0 Å². The van der Waals surface area contributed by atoms with Crippen LogP contribution in [0.3, 0.4) is 0 Å². The van der Waals surface area contributed by atoms with Crippen LogP contribution in [0.25, 0.3) is 0 Å². The molecule has 1 aromatic rings. The molecular weight excluding hydrogens is 234 g/mol. The molecule has 0 heterocycles. The zero-order valence-corrected chi connectivity index (χ0v) is 9.84. The van der Waals surface area contributed by atoms with Crippen LogP contribution in [0.15, 0.2) is 21.5 Å². The van der Waals surface area contributed by atoms with E-state index >= 15 is 0 Å². The van der Waals surface area contributed by atoms with Gasteiger partial charge in [0.05, 0.1) is 0 Å². The zero-order chi connectivity index (χ0) is 9.14. The molecule has 0 atom stereocenters. The van der Waals surface area contributed by atoms with Crippen molar-refractivity contribution in [3.8, 4) is 0 Å².